The fourth-order valence-corrected chi connectivity index (χ4v) is 2.32. The number of halogens is 3. The van der Waals surface area contributed by atoms with Gasteiger partial charge in [0.15, 0.2) is 5.79 Å². The summed E-state index contributed by atoms with van der Waals surface area (Å²) >= 11 is 11.7. The molecule has 0 saturated carbocycles. The number of hydrogen-bond acceptors (Lipinski definition) is 3. The predicted molar refractivity (Wildman–Crippen MR) is 63.7 cm³/mol. The van der Waals surface area contributed by atoms with Crippen LogP contribution in [-0.4, -0.2) is 19.3 Å². The fraction of sp³-hybridized carbons (Fsp3) is 0.455. The SMILES string of the molecule is CC1(c2cc(F)c(Cl)cc2Cl)OCC(CN)O1. The first-order valence-electron chi connectivity index (χ1n) is 5.13. The average Bonchev–Trinajstić information content (AvgIpc) is 2.66. The maximum atomic E-state index is 13.4. The van der Waals surface area contributed by atoms with E-state index in [1.807, 2.05) is 0 Å². The van der Waals surface area contributed by atoms with Crippen molar-refractivity contribution in [1.29, 1.82) is 0 Å². The molecule has 2 atom stereocenters. The van der Waals surface area contributed by atoms with Crippen LogP contribution in [0.4, 0.5) is 4.39 Å². The molecule has 0 bridgehead atoms. The van der Waals surface area contributed by atoms with Crippen molar-refractivity contribution < 1.29 is 13.9 Å². The molecule has 94 valence electrons. The molecule has 1 saturated heterocycles. The first-order valence-corrected chi connectivity index (χ1v) is 5.88. The van der Waals surface area contributed by atoms with Crippen LogP contribution >= 0.6 is 23.2 Å². The average molecular weight is 280 g/mol. The molecule has 1 aromatic rings. The summed E-state index contributed by atoms with van der Waals surface area (Å²) in [5, 5.41) is 0.271. The van der Waals surface area contributed by atoms with Crippen molar-refractivity contribution >= 4 is 23.2 Å². The quantitative estimate of drug-likeness (QED) is 0.847. The molecule has 1 aliphatic heterocycles. The second-order valence-electron chi connectivity index (χ2n) is 3.98. The van der Waals surface area contributed by atoms with E-state index in [2.05, 4.69) is 0 Å². The van der Waals surface area contributed by atoms with Gasteiger partial charge in [-0.15, -0.1) is 0 Å². The molecule has 0 radical (unpaired) electrons. The van der Waals surface area contributed by atoms with Crippen molar-refractivity contribution in [2.45, 2.75) is 18.8 Å². The Bertz CT molecular complexity index is 444. The van der Waals surface area contributed by atoms with E-state index in [-0.39, 0.29) is 11.1 Å². The molecule has 6 heteroatoms. The number of ether oxygens (including phenoxy) is 2. The largest absolute Gasteiger partial charge is 0.343 e. The van der Waals surface area contributed by atoms with Gasteiger partial charge in [-0.3, -0.25) is 0 Å². The summed E-state index contributed by atoms with van der Waals surface area (Å²) in [7, 11) is 0. The number of hydrogen-bond donors (Lipinski definition) is 1. The van der Waals surface area contributed by atoms with Gasteiger partial charge in [0.2, 0.25) is 0 Å². The monoisotopic (exact) mass is 279 g/mol. The van der Waals surface area contributed by atoms with Crippen molar-refractivity contribution in [2.75, 3.05) is 13.2 Å². The summed E-state index contributed by atoms with van der Waals surface area (Å²) in [4.78, 5) is 0. The highest BCUT2D eigenvalue weighted by Crippen LogP contribution is 2.39. The molecule has 2 N–H and O–H groups in total. The Hall–Kier alpha value is -0.390. The summed E-state index contributed by atoms with van der Waals surface area (Å²) in [6, 6.07) is 2.56. The first kappa shape index (κ1) is 13.1. The minimum absolute atomic E-state index is 0.0317. The van der Waals surface area contributed by atoms with Gasteiger partial charge in [-0.1, -0.05) is 23.2 Å². The van der Waals surface area contributed by atoms with Crippen LogP contribution in [0.15, 0.2) is 12.1 Å². The zero-order valence-electron chi connectivity index (χ0n) is 9.17. The molecule has 2 rings (SSSR count). The van der Waals surface area contributed by atoms with Gasteiger partial charge in [-0.05, 0) is 19.1 Å². The van der Waals surface area contributed by atoms with Crippen LogP contribution in [0.1, 0.15) is 12.5 Å². The minimum atomic E-state index is -1.08. The van der Waals surface area contributed by atoms with E-state index in [1.54, 1.807) is 6.92 Å². The molecule has 1 fully saturated rings. The highest BCUT2D eigenvalue weighted by molar-refractivity contribution is 6.35. The van der Waals surface area contributed by atoms with Crippen molar-refractivity contribution in [3.05, 3.63) is 33.6 Å². The molecule has 1 heterocycles. The Morgan fingerprint density at radius 1 is 1.47 bits per heavy atom. The maximum absolute atomic E-state index is 13.4. The van der Waals surface area contributed by atoms with E-state index >= 15 is 0 Å². The normalized spacial score (nSPS) is 28.6. The lowest BCUT2D eigenvalue weighted by molar-refractivity contribution is -0.160. The van der Waals surface area contributed by atoms with E-state index in [4.69, 9.17) is 38.4 Å². The summed E-state index contributed by atoms with van der Waals surface area (Å²) in [5.41, 5.74) is 5.91. The Labute approximate surface area is 109 Å². The van der Waals surface area contributed by atoms with Gasteiger partial charge in [0.1, 0.15) is 5.82 Å². The fourth-order valence-electron chi connectivity index (χ4n) is 1.77. The van der Waals surface area contributed by atoms with Crippen LogP contribution in [0.2, 0.25) is 10.0 Å². The Balaban J connectivity index is 2.37. The van der Waals surface area contributed by atoms with Gasteiger partial charge < -0.3 is 15.2 Å². The Kier molecular flexibility index (Phi) is 3.61. The van der Waals surface area contributed by atoms with Gasteiger partial charge in [0.05, 0.1) is 22.8 Å². The second-order valence-corrected chi connectivity index (χ2v) is 4.79. The van der Waals surface area contributed by atoms with Crippen LogP contribution < -0.4 is 5.73 Å². The Morgan fingerprint density at radius 3 is 2.76 bits per heavy atom. The molecule has 3 nitrogen and oxygen atoms in total. The highest BCUT2D eigenvalue weighted by atomic mass is 35.5. The molecule has 0 aliphatic carbocycles. The lowest BCUT2D eigenvalue weighted by Crippen LogP contribution is -2.27. The van der Waals surface area contributed by atoms with Crippen LogP contribution in [0.3, 0.4) is 0 Å². The summed E-state index contributed by atoms with van der Waals surface area (Å²) in [6.07, 6.45) is -0.213. The van der Waals surface area contributed by atoms with Crippen LogP contribution in [-0.2, 0) is 15.3 Å². The van der Waals surface area contributed by atoms with E-state index in [9.17, 15) is 4.39 Å². The Morgan fingerprint density at radius 2 is 2.18 bits per heavy atom. The summed E-state index contributed by atoms with van der Waals surface area (Å²) < 4.78 is 24.6. The second kappa shape index (κ2) is 4.71. The zero-order valence-corrected chi connectivity index (χ0v) is 10.7. The van der Waals surface area contributed by atoms with Crippen molar-refractivity contribution in [2.24, 2.45) is 5.73 Å². The first-order chi connectivity index (χ1) is 7.96. The van der Waals surface area contributed by atoms with Crippen molar-refractivity contribution in [3.8, 4) is 0 Å². The van der Waals surface area contributed by atoms with Gasteiger partial charge in [0.25, 0.3) is 0 Å². The third kappa shape index (κ3) is 2.41. The molecule has 1 aromatic carbocycles. The molecule has 2 unspecified atom stereocenters. The number of nitrogens with two attached hydrogens (primary N) is 1. The number of rotatable bonds is 2. The van der Waals surface area contributed by atoms with E-state index in [1.165, 1.54) is 12.1 Å². The third-order valence-corrected chi connectivity index (χ3v) is 3.30. The topological polar surface area (TPSA) is 44.5 Å². The summed E-state index contributed by atoms with van der Waals surface area (Å²) in [5.74, 6) is -1.64. The zero-order chi connectivity index (χ0) is 12.6. The van der Waals surface area contributed by atoms with Gasteiger partial charge in [0, 0.05) is 12.1 Å². The molecule has 0 spiro atoms. The van der Waals surface area contributed by atoms with Gasteiger partial charge in [-0.2, -0.15) is 0 Å². The lowest BCUT2D eigenvalue weighted by Gasteiger charge is -2.25. The van der Waals surface area contributed by atoms with E-state index < -0.39 is 11.6 Å². The molecule has 1 aliphatic rings. The smallest absolute Gasteiger partial charge is 0.194 e. The van der Waals surface area contributed by atoms with Crippen molar-refractivity contribution in [1.82, 2.24) is 0 Å². The molecule has 0 aromatic heterocycles. The summed E-state index contributed by atoms with van der Waals surface area (Å²) in [6.45, 7) is 2.37. The van der Waals surface area contributed by atoms with Crippen LogP contribution in [0.25, 0.3) is 0 Å². The van der Waals surface area contributed by atoms with Crippen LogP contribution in [0, 0.1) is 5.82 Å². The standard InChI is InChI=1S/C11H12Cl2FNO2/c1-11(16-5-6(4-15)17-11)7-2-10(14)9(13)3-8(7)12/h2-3,6H,4-5,15H2,1H3. The van der Waals surface area contributed by atoms with Gasteiger partial charge in [-0.25, -0.2) is 4.39 Å². The van der Waals surface area contributed by atoms with E-state index in [0.717, 1.165) is 0 Å². The maximum Gasteiger partial charge on any atom is 0.194 e. The molecular weight excluding hydrogens is 268 g/mol. The number of benzene rings is 1. The van der Waals surface area contributed by atoms with Crippen molar-refractivity contribution in [3.63, 3.8) is 0 Å². The minimum Gasteiger partial charge on any atom is -0.343 e. The van der Waals surface area contributed by atoms with Gasteiger partial charge >= 0.3 is 0 Å². The third-order valence-electron chi connectivity index (χ3n) is 2.70. The molecule has 0 amide bonds. The predicted octanol–water partition coefficient (Wildman–Crippen LogP) is 2.68. The van der Waals surface area contributed by atoms with E-state index in [0.29, 0.717) is 23.7 Å². The molecule has 17 heavy (non-hydrogen) atoms. The molecular formula is C11H12Cl2FNO2. The highest BCUT2D eigenvalue weighted by Gasteiger charge is 2.40. The van der Waals surface area contributed by atoms with Crippen LogP contribution in [0.5, 0.6) is 0 Å². The lowest BCUT2D eigenvalue weighted by atomic mass is 10.1.